The Morgan fingerprint density at radius 3 is 2.20 bits per heavy atom. The SMILES string of the molecule is CCN(CC)C(=O)CCC(=O)Nc1cc(CN)cc(C(F)(F)F)c1.Cl. The third kappa shape index (κ3) is 7.31. The van der Waals surface area contributed by atoms with Gasteiger partial charge in [-0.2, -0.15) is 13.2 Å². The van der Waals surface area contributed by atoms with E-state index in [4.69, 9.17) is 5.73 Å². The van der Waals surface area contributed by atoms with Crippen LogP contribution in [0.5, 0.6) is 0 Å². The van der Waals surface area contributed by atoms with Crippen LogP contribution < -0.4 is 11.1 Å². The Labute approximate surface area is 151 Å². The zero-order valence-corrected chi connectivity index (χ0v) is 15.0. The maximum absolute atomic E-state index is 12.8. The van der Waals surface area contributed by atoms with Crippen molar-refractivity contribution in [3.63, 3.8) is 0 Å². The van der Waals surface area contributed by atoms with E-state index in [2.05, 4.69) is 5.32 Å². The third-order valence-corrected chi connectivity index (χ3v) is 3.52. The molecular weight excluding hydrogens is 359 g/mol. The van der Waals surface area contributed by atoms with Crippen LogP contribution in [0.3, 0.4) is 0 Å². The second-order valence-corrected chi connectivity index (χ2v) is 5.23. The van der Waals surface area contributed by atoms with Crippen molar-refractivity contribution in [2.45, 2.75) is 39.4 Å². The summed E-state index contributed by atoms with van der Waals surface area (Å²) in [5.74, 6) is -0.681. The number of nitrogens with zero attached hydrogens (tertiary/aromatic N) is 1. The first-order valence-corrected chi connectivity index (χ1v) is 7.70. The van der Waals surface area contributed by atoms with Crippen LogP contribution in [0.4, 0.5) is 18.9 Å². The Balaban J connectivity index is 0.00000576. The standard InChI is InChI=1S/C16H22F3N3O2.ClH/c1-3-22(4-2)15(24)6-5-14(23)21-13-8-11(10-20)7-12(9-13)16(17,18)19;/h7-9H,3-6,10,20H2,1-2H3,(H,21,23);1H. The first-order chi connectivity index (χ1) is 11.2. The fourth-order valence-electron chi connectivity index (χ4n) is 2.22. The Morgan fingerprint density at radius 1 is 1.12 bits per heavy atom. The highest BCUT2D eigenvalue weighted by Crippen LogP contribution is 2.32. The van der Waals surface area contributed by atoms with Crippen molar-refractivity contribution >= 4 is 29.9 Å². The van der Waals surface area contributed by atoms with Crippen LogP contribution in [-0.4, -0.2) is 29.8 Å². The molecule has 2 amide bonds. The van der Waals surface area contributed by atoms with Gasteiger partial charge in [-0.3, -0.25) is 9.59 Å². The molecule has 0 atom stereocenters. The molecular formula is C16H23ClF3N3O2. The van der Waals surface area contributed by atoms with E-state index in [0.717, 1.165) is 12.1 Å². The van der Waals surface area contributed by atoms with Gasteiger partial charge in [0, 0.05) is 38.2 Å². The Bertz CT molecular complexity index is 590. The molecule has 1 aromatic carbocycles. The van der Waals surface area contributed by atoms with Crippen LogP contribution in [0, 0.1) is 0 Å². The maximum Gasteiger partial charge on any atom is 0.416 e. The second-order valence-electron chi connectivity index (χ2n) is 5.23. The number of nitrogens with one attached hydrogen (secondary N) is 1. The number of halogens is 4. The summed E-state index contributed by atoms with van der Waals surface area (Å²) in [5, 5.41) is 2.39. The van der Waals surface area contributed by atoms with Gasteiger partial charge < -0.3 is 16.0 Å². The van der Waals surface area contributed by atoms with Gasteiger partial charge in [0.05, 0.1) is 5.56 Å². The molecule has 0 heterocycles. The van der Waals surface area contributed by atoms with Crippen LogP contribution >= 0.6 is 12.4 Å². The molecule has 0 spiro atoms. The number of nitrogens with two attached hydrogens (primary N) is 1. The van der Waals surface area contributed by atoms with E-state index >= 15 is 0 Å². The van der Waals surface area contributed by atoms with Gasteiger partial charge in [-0.05, 0) is 37.6 Å². The monoisotopic (exact) mass is 381 g/mol. The lowest BCUT2D eigenvalue weighted by atomic mass is 10.1. The number of carbonyl (C=O) groups excluding carboxylic acids is 2. The molecule has 25 heavy (non-hydrogen) atoms. The number of amides is 2. The van der Waals surface area contributed by atoms with Gasteiger partial charge >= 0.3 is 6.18 Å². The number of anilines is 1. The molecule has 0 saturated carbocycles. The van der Waals surface area contributed by atoms with E-state index in [0.29, 0.717) is 13.1 Å². The van der Waals surface area contributed by atoms with Gasteiger partial charge in [0.1, 0.15) is 0 Å². The first-order valence-electron chi connectivity index (χ1n) is 7.70. The van der Waals surface area contributed by atoms with Crippen LogP contribution in [0.15, 0.2) is 18.2 Å². The number of alkyl halides is 3. The highest BCUT2D eigenvalue weighted by atomic mass is 35.5. The lowest BCUT2D eigenvalue weighted by molar-refractivity contribution is -0.137. The molecule has 0 bridgehead atoms. The molecule has 0 saturated heterocycles. The van der Waals surface area contributed by atoms with E-state index in [1.54, 1.807) is 4.90 Å². The summed E-state index contributed by atoms with van der Waals surface area (Å²) in [6.45, 7) is 4.68. The summed E-state index contributed by atoms with van der Waals surface area (Å²) >= 11 is 0. The van der Waals surface area contributed by atoms with E-state index in [9.17, 15) is 22.8 Å². The molecule has 5 nitrogen and oxygen atoms in total. The molecule has 0 aliphatic heterocycles. The number of hydrogen-bond acceptors (Lipinski definition) is 3. The predicted octanol–water partition coefficient (Wildman–Crippen LogP) is 3.17. The minimum Gasteiger partial charge on any atom is -0.343 e. The third-order valence-electron chi connectivity index (χ3n) is 3.52. The normalized spacial score (nSPS) is 10.8. The van der Waals surface area contributed by atoms with Crippen molar-refractivity contribution in [1.29, 1.82) is 0 Å². The summed E-state index contributed by atoms with van der Waals surface area (Å²) in [4.78, 5) is 25.3. The molecule has 0 unspecified atom stereocenters. The Hall–Kier alpha value is -1.80. The highest BCUT2D eigenvalue weighted by Gasteiger charge is 2.31. The van der Waals surface area contributed by atoms with Crippen LogP contribution in [0.1, 0.15) is 37.8 Å². The van der Waals surface area contributed by atoms with Crippen molar-refractivity contribution in [1.82, 2.24) is 4.90 Å². The summed E-state index contributed by atoms with van der Waals surface area (Å²) in [6.07, 6.45) is -4.61. The van der Waals surface area contributed by atoms with E-state index in [1.807, 2.05) is 13.8 Å². The molecule has 0 aromatic heterocycles. The number of hydrogen-bond donors (Lipinski definition) is 2. The summed E-state index contributed by atoms with van der Waals surface area (Å²) in [6, 6.07) is 3.18. The number of rotatable bonds is 7. The van der Waals surface area contributed by atoms with Gasteiger partial charge in [0.25, 0.3) is 0 Å². The Kier molecular flexibility index (Phi) is 9.51. The average molecular weight is 382 g/mol. The summed E-state index contributed by atoms with van der Waals surface area (Å²) in [7, 11) is 0. The minimum atomic E-state index is -4.52. The number of benzene rings is 1. The van der Waals surface area contributed by atoms with Crippen LogP contribution in [0.2, 0.25) is 0 Å². The van der Waals surface area contributed by atoms with Gasteiger partial charge in [0.2, 0.25) is 11.8 Å². The lowest BCUT2D eigenvalue weighted by Gasteiger charge is -2.18. The smallest absolute Gasteiger partial charge is 0.343 e. The molecule has 0 fully saturated rings. The zero-order chi connectivity index (χ0) is 18.3. The van der Waals surface area contributed by atoms with Crippen molar-refractivity contribution < 1.29 is 22.8 Å². The van der Waals surface area contributed by atoms with Crippen molar-refractivity contribution in [3.8, 4) is 0 Å². The van der Waals surface area contributed by atoms with E-state index in [-0.39, 0.29) is 49.0 Å². The summed E-state index contributed by atoms with van der Waals surface area (Å²) in [5.41, 5.74) is 4.80. The molecule has 3 N–H and O–H groups in total. The van der Waals surface area contributed by atoms with Crippen LogP contribution in [0.25, 0.3) is 0 Å². The highest BCUT2D eigenvalue weighted by molar-refractivity contribution is 5.93. The molecule has 142 valence electrons. The van der Waals surface area contributed by atoms with Gasteiger partial charge in [-0.15, -0.1) is 12.4 Å². The molecule has 0 aliphatic rings. The van der Waals surface area contributed by atoms with Gasteiger partial charge in [-0.1, -0.05) is 0 Å². The number of carbonyl (C=O) groups is 2. The van der Waals surface area contributed by atoms with Crippen molar-refractivity contribution in [3.05, 3.63) is 29.3 Å². The van der Waals surface area contributed by atoms with Gasteiger partial charge in [-0.25, -0.2) is 0 Å². The first kappa shape index (κ1) is 23.2. The Morgan fingerprint density at radius 2 is 1.72 bits per heavy atom. The maximum atomic E-state index is 12.8. The van der Waals surface area contributed by atoms with Crippen molar-refractivity contribution in [2.75, 3.05) is 18.4 Å². The zero-order valence-electron chi connectivity index (χ0n) is 14.2. The van der Waals surface area contributed by atoms with E-state index in [1.165, 1.54) is 6.07 Å². The quantitative estimate of drug-likeness (QED) is 0.761. The lowest BCUT2D eigenvalue weighted by Crippen LogP contribution is -2.31. The fraction of sp³-hybridized carbons (Fsp3) is 0.500. The average Bonchev–Trinajstić information content (AvgIpc) is 2.52. The molecule has 9 heteroatoms. The summed E-state index contributed by atoms with van der Waals surface area (Å²) < 4.78 is 38.5. The fourth-order valence-corrected chi connectivity index (χ4v) is 2.22. The van der Waals surface area contributed by atoms with Crippen LogP contribution in [-0.2, 0) is 22.3 Å². The molecule has 1 aromatic rings. The molecule has 0 radical (unpaired) electrons. The van der Waals surface area contributed by atoms with Crippen molar-refractivity contribution in [2.24, 2.45) is 5.73 Å². The molecule has 0 aliphatic carbocycles. The minimum absolute atomic E-state index is 0. The second kappa shape index (κ2) is 10.2. The largest absolute Gasteiger partial charge is 0.416 e. The topological polar surface area (TPSA) is 75.4 Å². The predicted molar refractivity (Wildman–Crippen MR) is 92.4 cm³/mol. The van der Waals surface area contributed by atoms with Gasteiger partial charge in [0.15, 0.2) is 0 Å². The van der Waals surface area contributed by atoms with E-state index < -0.39 is 17.6 Å². The molecule has 1 rings (SSSR count).